The van der Waals surface area contributed by atoms with Gasteiger partial charge >= 0.3 is 0 Å². The Bertz CT molecular complexity index is 229. The highest BCUT2D eigenvalue weighted by Gasteiger charge is 2.22. The SMILES string of the molecule is CC1CCC(CS(=O)(=O)Cl)OC1. The van der Waals surface area contributed by atoms with Gasteiger partial charge < -0.3 is 4.74 Å². The molecule has 1 rings (SSSR count). The first-order valence-corrected chi connectivity index (χ1v) is 6.49. The van der Waals surface area contributed by atoms with Crippen molar-refractivity contribution < 1.29 is 13.2 Å². The fraction of sp³-hybridized carbons (Fsp3) is 1.00. The standard InChI is InChI=1S/C7H13ClO3S/c1-6-2-3-7(11-4-6)5-12(8,9)10/h6-7H,2-5H2,1H3. The third kappa shape index (κ3) is 3.74. The van der Waals surface area contributed by atoms with Crippen LogP contribution in [-0.2, 0) is 13.8 Å². The van der Waals surface area contributed by atoms with Gasteiger partial charge in [0.05, 0.1) is 11.9 Å². The van der Waals surface area contributed by atoms with E-state index in [9.17, 15) is 8.42 Å². The summed E-state index contributed by atoms with van der Waals surface area (Å²) in [5.74, 6) is 0.487. The van der Waals surface area contributed by atoms with E-state index in [2.05, 4.69) is 6.92 Å². The molecule has 0 aromatic rings. The number of halogens is 1. The van der Waals surface area contributed by atoms with Gasteiger partial charge in [-0.25, -0.2) is 8.42 Å². The molecule has 1 heterocycles. The first-order valence-electron chi connectivity index (χ1n) is 4.01. The molecule has 5 heteroatoms. The fourth-order valence-corrected chi connectivity index (χ4v) is 2.42. The number of hydrogen-bond donors (Lipinski definition) is 0. The van der Waals surface area contributed by atoms with E-state index in [0.29, 0.717) is 12.5 Å². The summed E-state index contributed by atoms with van der Waals surface area (Å²) in [7, 11) is 1.70. The summed E-state index contributed by atoms with van der Waals surface area (Å²) < 4.78 is 26.6. The summed E-state index contributed by atoms with van der Waals surface area (Å²) in [4.78, 5) is 0. The molecule has 1 saturated heterocycles. The largest absolute Gasteiger partial charge is 0.377 e. The molecule has 0 saturated carbocycles. The zero-order valence-electron chi connectivity index (χ0n) is 6.99. The van der Waals surface area contributed by atoms with E-state index in [0.717, 1.165) is 12.8 Å². The van der Waals surface area contributed by atoms with Crippen LogP contribution in [0.1, 0.15) is 19.8 Å². The molecule has 1 aliphatic heterocycles. The molecule has 1 aliphatic rings. The lowest BCUT2D eigenvalue weighted by Gasteiger charge is -2.25. The van der Waals surface area contributed by atoms with E-state index in [1.165, 1.54) is 0 Å². The van der Waals surface area contributed by atoms with Gasteiger partial charge in [0.1, 0.15) is 0 Å². The van der Waals surface area contributed by atoms with Crippen LogP contribution < -0.4 is 0 Å². The number of rotatable bonds is 2. The van der Waals surface area contributed by atoms with E-state index in [-0.39, 0.29) is 11.9 Å². The fourth-order valence-electron chi connectivity index (χ4n) is 1.29. The van der Waals surface area contributed by atoms with Crippen LogP contribution in [0.15, 0.2) is 0 Å². The molecule has 2 unspecified atom stereocenters. The highest BCUT2D eigenvalue weighted by atomic mass is 35.7. The van der Waals surface area contributed by atoms with Crippen molar-refractivity contribution in [1.82, 2.24) is 0 Å². The summed E-state index contributed by atoms with van der Waals surface area (Å²) in [6.45, 7) is 2.74. The second-order valence-electron chi connectivity index (χ2n) is 3.34. The average molecular weight is 213 g/mol. The maximum atomic E-state index is 10.7. The second-order valence-corrected chi connectivity index (χ2v) is 6.16. The Morgan fingerprint density at radius 2 is 2.17 bits per heavy atom. The molecule has 0 bridgehead atoms. The summed E-state index contributed by atoms with van der Waals surface area (Å²) in [5, 5.41) is 0. The molecule has 0 amide bonds. The van der Waals surface area contributed by atoms with Crippen LogP contribution in [0.5, 0.6) is 0 Å². The highest BCUT2D eigenvalue weighted by Crippen LogP contribution is 2.20. The van der Waals surface area contributed by atoms with Gasteiger partial charge in [0, 0.05) is 17.3 Å². The van der Waals surface area contributed by atoms with Gasteiger partial charge in [0.25, 0.3) is 0 Å². The Kier molecular flexibility index (Phi) is 3.37. The molecule has 72 valence electrons. The molecule has 0 aliphatic carbocycles. The maximum Gasteiger partial charge on any atom is 0.235 e. The molecular weight excluding hydrogens is 200 g/mol. The smallest absolute Gasteiger partial charge is 0.235 e. The van der Waals surface area contributed by atoms with Crippen molar-refractivity contribution in [3.8, 4) is 0 Å². The quantitative estimate of drug-likeness (QED) is 0.650. The van der Waals surface area contributed by atoms with Crippen molar-refractivity contribution in [2.75, 3.05) is 12.4 Å². The predicted molar refractivity (Wildman–Crippen MR) is 47.8 cm³/mol. The van der Waals surface area contributed by atoms with Gasteiger partial charge in [-0.15, -0.1) is 0 Å². The Labute approximate surface area is 77.5 Å². The van der Waals surface area contributed by atoms with Crippen LogP contribution in [0.2, 0.25) is 0 Å². The van der Waals surface area contributed by atoms with Crippen LogP contribution in [0.3, 0.4) is 0 Å². The van der Waals surface area contributed by atoms with Crippen molar-refractivity contribution >= 4 is 19.7 Å². The molecule has 12 heavy (non-hydrogen) atoms. The molecule has 1 fully saturated rings. The molecule has 2 atom stereocenters. The van der Waals surface area contributed by atoms with Gasteiger partial charge in [-0.2, -0.15) is 0 Å². The van der Waals surface area contributed by atoms with Crippen molar-refractivity contribution in [3.05, 3.63) is 0 Å². The van der Waals surface area contributed by atoms with Crippen LogP contribution in [0.4, 0.5) is 0 Å². The molecule has 0 radical (unpaired) electrons. The van der Waals surface area contributed by atoms with Gasteiger partial charge in [0.15, 0.2) is 0 Å². The van der Waals surface area contributed by atoms with E-state index < -0.39 is 9.05 Å². The summed E-state index contributed by atoms with van der Waals surface area (Å²) in [6, 6.07) is 0. The Morgan fingerprint density at radius 3 is 2.58 bits per heavy atom. The van der Waals surface area contributed by atoms with Crippen LogP contribution >= 0.6 is 10.7 Å². The molecule has 0 N–H and O–H groups in total. The minimum atomic E-state index is -3.39. The van der Waals surface area contributed by atoms with Crippen molar-refractivity contribution in [3.63, 3.8) is 0 Å². The predicted octanol–water partition coefficient (Wildman–Crippen LogP) is 1.37. The van der Waals surface area contributed by atoms with E-state index in [1.807, 2.05) is 0 Å². The normalized spacial score (nSPS) is 31.8. The molecule has 0 aromatic heterocycles. The number of hydrogen-bond acceptors (Lipinski definition) is 3. The van der Waals surface area contributed by atoms with Crippen molar-refractivity contribution in [2.24, 2.45) is 5.92 Å². The van der Waals surface area contributed by atoms with Crippen LogP contribution in [-0.4, -0.2) is 26.9 Å². The molecule has 0 aromatic carbocycles. The van der Waals surface area contributed by atoms with Gasteiger partial charge in [-0.1, -0.05) is 6.92 Å². The lowest BCUT2D eigenvalue weighted by Crippen LogP contribution is -2.29. The third-order valence-corrected chi connectivity index (χ3v) is 3.13. The summed E-state index contributed by atoms with van der Waals surface area (Å²) in [6.07, 6.45) is 1.63. The van der Waals surface area contributed by atoms with Crippen LogP contribution in [0.25, 0.3) is 0 Å². The van der Waals surface area contributed by atoms with Gasteiger partial charge in [-0.3, -0.25) is 0 Å². The van der Waals surface area contributed by atoms with Crippen molar-refractivity contribution in [2.45, 2.75) is 25.9 Å². The Hall–Kier alpha value is 0.200. The molecular formula is C7H13ClO3S. The molecule has 0 spiro atoms. The Balaban J connectivity index is 2.36. The number of ether oxygens (including phenoxy) is 1. The maximum absolute atomic E-state index is 10.7. The van der Waals surface area contributed by atoms with Crippen molar-refractivity contribution in [1.29, 1.82) is 0 Å². The molecule has 3 nitrogen and oxygen atoms in total. The third-order valence-electron chi connectivity index (χ3n) is 1.98. The zero-order chi connectivity index (χ0) is 9.19. The summed E-state index contributed by atoms with van der Waals surface area (Å²) >= 11 is 0. The minimum absolute atomic E-state index is 0.0543. The van der Waals surface area contributed by atoms with E-state index in [1.54, 1.807) is 0 Å². The monoisotopic (exact) mass is 212 g/mol. The first-order chi connectivity index (χ1) is 5.47. The van der Waals surface area contributed by atoms with Gasteiger partial charge in [-0.05, 0) is 18.8 Å². The first kappa shape index (κ1) is 10.3. The average Bonchev–Trinajstić information content (AvgIpc) is 1.91. The summed E-state index contributed by atoms with van der Waals surface area (Å²) in [5.41, 5.74) is 0. The van der Waals surface area contributed by atoms with E-state index >= 15 is 0 Å². The topological polar surface area (TPSA) is 43.4 Å². The minimum Gasteiger partial charge on any atom is -0.377 e. The lowest BCUT2D eigenvalue weighted by molar-refractivity contribution is 0.00233. The zero-order valence-corrected chi connectivity index (χ0v) is 8.57. The van der Waals surface area contributed by atoms with Crippen LogP contribution in [0, 0.1) is 5.92 Å². The Morgan fingerprint density at radius 1 is 1.50 bits per heavy atom. The highest BCUT2D eigenvalue weighted by molar-refractivity contribution is 8.13. The lowest BCUT2D eigenvalue weighted by atomic mass is 10.0. The second kappa shape index (κ2) is 3.94. The van der Waals surface area contributed by atoms with E-state index in [4.69, 9.17) is 15.4 Å². The van der Waals surface area contributed by atoms with Gasteiger partial charge in [0.2, 0.25) is 9.05 Å².